The molecule has 4 aromatic rings. The molecule has 0 atom stereocenters. The molecule has 0 bridgehead atoms. The Bertz CT molecular complexity index is 1110. The van der Waals surface area contributed by atoms with E-state index in [9.17, 15) is 4.79 Å². The Balaban J connectivity index is 2.00. The molecule has 0 saturated heterocycles. The van der Waals surface area contributed by atoms with E-state index in [2.05, 4.69) is 31.2 Å². The largest absolute Gasteiger partial charge is 0.383 e. The van der Waals surface area contributed by atoms with E-state index in [4.69, 9.17) is 9.72 Å². The molecule has 0 saturated carbocycles. The topological polar surface area (TPSA) is 44.1 Å². The van der Waals surface area contributed by atoms with Gasteiger partial charge < -0.3 is 4.74 Å². The summed E-state index contributed by atoms with van der Waals surface area (Å²) in [6.07, 6.45) is 0.897. The number of thiophene rings is 1. The number of methoxy groups -OCH3 is 1. The highest BCUT2D eigenvalue weighted by atomic mass is 32.1. The van der Waals surface area contributed by atoms with Crippen molar-refractivity contribution < 1.29 is 4.74 Å². The minimum absolute atomic E-state index is 0.00913. The van der Waals surface area contributed by atoms with Crippen molar-refractivity contribution in [2.45, 2.75) is 25.8 Å². The van der Waals surface area contributed by atoms with E-state index < -0.39 is 0 Å². The molecule has 148 valence electrons. The summed E-state index contributed by atoms with van der Waals surface area (Å²) < 4.78 is 7.09. The van der Waals surface area contributed by atoms with Gasteiger partial charge in [0.05, 0.1) is 24.5 Å². The van der Waals surface area contributed by atoms with Gasteiger partial charge in [-0.25, -0.2) is 4.98 Å². The van der Waals surface area contributed by atoms with Crippen LogP contribution >= 0.6 is 11.3 Å². The minimum Gasteiger partial charge on any atom is -0.383 e. The van der Waals surface area contributed by atoms with Crippen LogP contribution in [0.5, 0.6) is 0 Å². The maximum atomic E-state index is 13.4. The quantitative estimate of drug-likeness (QED) is 0.442. The standard InChI is InChI=1S/C24H24N2O2S/c1-3-19-16-20-23(29-19)25-22(26(24(20)27)14-15-28-2)21(17-10-6-4-7-11-17)18-12-8-5-9-13-18/h4-13,16,21H,3,14-15H2,1-2H3. The number of ether oxygens (including phenoxy) is 1. The van der Waals surface area contributed by atoms with Gasteiger partial charge in [-0.1, -0.05) is 67.6 Å². The Morgan fingerprint density at radius 1 is 1.03 bits per heavy atom. The first-order valence-electron chi connectivity index (χ1n) is 9.85. The molecule has 5 heteroatoms. The van der Waals surface area contributed by atoms with Gasteiger partial charge in [-0.05, 0) is 23.6 Å². The maximum absolute atomic E-state index is 13.4. The molecule has 0 spiro atoms. The second-order valence-corrected chi connectivity index (χ2v) is 8.07. The molecule has 2 aromatic carbocycles. The molecule has 0 aliphatic rings. The summed E-state index contributed by atoms with van der Waals surface area (Å²) in [4.78, 5) is 20.5. The zero-order chi connectivity index (χ0) is 20.2. The van der Waals surface area contributed by atoms with Gasteiger partial charge in [-0.3, -0.25) is 9.36 Å². The predicted octanol–water partition coefficient (Wildman–Crippen LogP) is 4.85. The molecule has 0 aliphatic carbocycles. The minimum atomic E-state index is -0.126. The monoisotopic (exact) mass is 404 g/mol. The number of rotatable bonds is 7. The van der Waals surface area contributed by atoms with E-state index in [1.165, 1.54) is 4.88 Å². The van der Waals surface area contributed by atoms with Crippen LogP contribution in [0.1, 0.15) is 34.7 Å². The van der Waals surface area contributed by atoms with Crippen molar-refractivity contribution in [3.8, 4) is 0 Å². The number of nitrogens with zero attached hydrogens (tertiary/aromatic N) is 2. The van der Waals surface area contributed by atoms with Crippen molar-refractivity contribution in [3.05, 3.63) is 98.9 Å². The van der Waals surface area contributed by atoms with E-state index >= 15 is 0 Å². The van der Waals surface area contributed by atoms with Crippen molar-refractivity contribution in [1.82, 2.24) is 9.55 Å². The van der Waals surface area contributed by atoms with Gasteiger partial charge in [0, 0.05) is 12.0 Å². The van der Waals surface area contributed by atoms with Crippen molar-refractivity contribution in [1.29, 1.82) is 0 Å². The second-order valence-electron chi connectivity index (χ2n) is 6.96. The number of fused-ring (bicyclic) bond motifs is 1. The fourth-order valence-electron chi connectivity index (χ4n) is 3.66. The molecule has 0 amide bonds. The van der Waals surface area contributed by atoms with Crippen LogP contribution in [0.25, 0.3) is 10.2 Å². The number of benzene rings is 2. The SMILES string of the molecule is CCc1cc2c(=O)n(CCOC)c(C(c3ccccc3)c3ccccc3)nc2s1. The van der Waals surface area contributed by atoms with Gasteiger partial charge >= 0.3 is 0 Å². The van der Waals surface area contributed by atoms with E-state index in [-0.39, 0.29) is 11.5 Å². The van der Waals surface area contributed by atoms with Crippen LogP contribution in [0.2, 0.25) is 0 Å². The highest BCUT2D eigenvalue weighted by Gasteiger charge is 2.24. The highest BCUT2D eigenvalue weighted by molar-refractivity contribution is 7.18. The van der Waals surface area contributed by atoms with Gasteiger partial charge in [0.1, 0.15) is 10.7 Å². The molecule has 2 aromatic heterocycles. The van der Waals surface area contributed by atoms with E-state index in [0.29, 0.717) is 18.5 Å². The van der Waals surface area contributed by atoms with Crippen molar-refractivity contribution >= 4 is 21.6 Å². The Morgan fingerprint density at radius 3 is 2.21 bits per heavy atom. The van der Waals surface area contributed by atoms with Crippen LogP contribution in [0.3, 0.4) is 0 Å². The summed E-state index contributed by atoms with van der Waals surface area (Å²) in [6, 6.07) is 22.5. The lowest BCUT2D eigenvalue weighted by atomic mass is 9.90. The number of aryl methyl sites for hydroxylation is 1. The summed E-state index contributed by atoms with van der Waals surface area (Å²) in [6.45, 7) is 3.04. The zero-order valence-corrected chi connectivity index (χ0v) is 17.5. The molecule has 0 aliphatic heterocycles. The average molecular weight is 405 g/mol. The molecule has 0 N–H and O–H groups in total. The van der Waals surface area contributed by atoms with Crippen molar-refractivity contribution in [2.75, 3.05) is 13.7 Å². The van der Waals surface area contributed by atoms with E-state index in [0.717, 1.165) is 28.2 Å². The fourth-order valence-corrected chi connectivity index (χ4v) is 4.62. The van der Waals surface area contributed by atoms with Gasteiger partial charge in [0.15, 0.2) is 0 Å². The maximum Gasteiger partial charge on any atom is 0.262 e. The molecule has 0 fully saturated rings. The summed E-state index contributed by atoms with van der Waals surface area (Å²) in [7, 11) is 1.66. The Labute approximate surface area is 174 Å². The number of hydrogen-bond donors (Lipinski definition) is 0. The van der Waals surface area contributed by atoms with Crippen LogP contribution in [0.4, 0.5) is 0 Å². The van der Waals surface area contributed by atoms with Crippen LogP contribution in [0.15, 0.2) is 71.5 Å². The molecule has 29 heavy (non-hydrogen) atoms. The first-order valence-corrected chi connectivity index (χ1v) is 10.7. The fraction of sp³-hybridized carbons (Fsp3) is 0.250. The van der Waals surface area contributed by atoms with E-state index in [1.807, 2.05) is 42.5 Å². The van der Waals surface area contributed by atoms with E-state index in [1.54, 1.807) is 23.0 Å². The summed E-state index contributed by atoms with van der Waals surface area (Å²) in [5.41, 5.74) is 2.24. The number of hydrogen-bond acceptors (Lipinski definition) is 4. The van der Waals surface area contributed by atoms with Gasteiger partial charge in [0.25, 0.3) is 5.56 Å². The third-order valence-corrected chi connectivity index (χ3v) is 6.30. The smallest absolute Gasteiger partial charge is 0.262 e. The zero-order valence-electron chi connectivity index (χ0n) is 16.7. The Hall–Kier alpha value is -2.76. The molecule has 0 radical (unpaired) electrons. The first-order chi connectivity index (χ1) is 14.2. The molecule has 2 heterocycles. The summed E-state index contributed by atoms with van der Waals surface area (Å²) in [5.74, 6) is 0.639. The summed E-state index contributed by atoms with van der Waals surface area (Å²) >= 11 is 1.61. The van der Waals surface area contributed by atoms with Gasteiger partial charge in [0.2, 0.25) is 0 Å². The van der Waals surface area contributed by atoms with Crippen LogP contribution in [-0.4, -0.2) is 23.3 Å². The second kappa shape index (κ2) is 8.72. The van der Waals surface area contributed by atoms with Crippen molar-refractivity contribution in [3.63, 3.8) is 0 Å². The van der Waals surface area contributed by atoms with Gasteiger partial charge in [-0.2, -0.15) is 0 Å². The lowest BCUT2D eigenvalue weighted by Crippen LogP contribution is -2.29. The highest BCUT2D eigenvalue weighted by Crippen LogP contribution is 2.32. The van der Waals surface area contributed by atoms with Crippen LogP contribution in [-0.2, 0) is 17.7 Å². The van der Waals surface area contributed by atoms with Gasteiger partial charge in [-0.15, -0.1) is 11.3 Å². The number of aromatic nitrogens is 2. The molecule has 4 nitrogen and oxygen atoms in total. The summed E-state index contributed by atoms with van der Waals surface area (Å²) in [5, 5.41) is 0.701. The lowest BCUT2D eigenvalue weighted by molar-refractivity contribution is 0.185. The van der Waals surface area contributed by atoms with Crippen LogP contribution < -0.4 is 5.56 Å². The van der Waals surface area contributed by atoms with Crippen LogP contribution in [0, 0.1) is 0 Å². The lowest BCUT2D eigenvalue weighted by Gasteiger charge is -2.22. The molecular weight excluding hydrogens is 380 g/mol. The first kappa shape index (κ1) is 19.6. The predicted molar refractivity (Wildman–Crippen MR) is 119 cm³/mol. The Kier molecular flexibility index (Phi) is 5.88. The average Bonchev–Trinajstić information content (AvgIpc) is 3.19. The normalized spacial score (nSPS) is 11.4. The third kappa shape index (κ3) is 3.88. The van der Waals surface area contributed by atoms with Crippen molar-refractivity contribution in [2.24, 2.45) is 0 Å². The molecule has 0 unspecified atom stereocenters. The third-order valence-electron chi connectivity index (χ3n) is 5.12. The Morgan fingerprint density at radius 2 is 1.66 bits per heavy atom. The molecule has 4 rings (SSSR count). The molecular formula is C24H24N2O2S.